The number of amides is 1. The molecule has 2 aromatic rings. The zero-order chi connectivity index (χ0) is 18.5. The second kappa shape index (κ2) is 8.45. The normalized spacial score (nSPS) is 13.6. The first kappa shape index (κ1) is 18.6. The zero-order valence-electron chi connectivity index (χ0n) is 14.3. The van der Waals surface area contributed by atoms with E-state index in [0.717, 1.165) is 54.3 Å². The Kier molecular flexibility index (Phi) is 6.04. The number of ether oxygens (including phenoxy) is 1. The number of fused-ring (bicyclic) bond motifs is 1. The van der Waals surface area contributed by atoms with E-state index in [4.69, 9.17) is 10.5 Å². The van der Waals surface area contributed by atoms with E-state index >= 15 is 0 Å². The van der Waals surface area contributed by atoms with Crippen molar-refractivity contribution in [2.24, 2.45) is 0 Å². The molecule has 0 fully saturated rings. The number of methoxy groups -OCH3 is 1. The molecule has 0 saturated heterocycles. The Balaban J connectivity index is 1.74. The van der Waals surface area contributed by atoms with Crippen LogP contribution in [0.5, 0.6) is 0 Å². The molecule has 0 spiro atoms. The zero-order valence-corrected chi connectivity index (χ0v) is 15.9. The summed E-state index contributed by atoms with van der Waals surface area (Å²) in [5.41, 5.74) is 7.02. The van der Waals surface area contributed by atoms with Gasteiger partial charge in [-0.1, -0.05) is 18.2 Å². The number of esters is 1. The standard InChI is InChI=1S/C16H19N5O3S2/c1-24-14(23)12-9-5-3-2-4-6-10(9)26-13(12)20-11(22)7-25-16-19-8-18-15(17)21-16/h8H,2-7H2,1H3,(H,20,22)(H2,17,18,19,21). The molecule has 3 N–H and O–H groups in total. The topological polar surface area (TPSA) is 120 Å². The number of hydrogen-bond acceptors (Lipinski definition) is 9. The van der Waals surface area contributed by atoms with Gasteiger partial charge in [0.05, 0.1) is 18.4 Å². The van der Waals surface area contributed by atoms with Crippen molar-refractivity contribution in [2.75, 3.05) is 23.9 Å². The third kappa shape index (κ3) is 4.31. The van der Waals surface area contributed by atoms with Crippen molar-refractivity contribution in [1.29, 1.82) is 0 Å². The van der Waals surface area contributed by atoms with Gasteiger partial charge in [-0.15, -0.1) is 11.3 Å². The molecule has 1 amide bonds. The van der Waals surface area contributed by atoms with E-state index < -0.39 is 5.97 Å². The highest BCUT2D eigenvalue weighted by Crippen LogP contribution is 2.38. The van der Waals surface area contributed by atoms with Crippen molar-refractivity contribution in [1.82, 2.24) is 15.0 Å². The van der Waals surface area contributed by atoms with Gasteiger partial charge in [0.1, 0.15) is 11.3 Å². The molecule has 0 radical (unpaired) electrons. The van der Waals surface area contributed by atoms with E-state index in [2.05, 4.69) is 20.3 Å². The van der Waals surface area contributed by atoms with Gasteiger partial charge in [0.25, 0.3) is 0 Å². The van der Waals surface area contributed by atoms with E-state index in [9.17, 15) is 9.59 Å². The smallest absolute Gasteiger partial charge is 0.341 e. The summed E-state index contributed by atoms with van der Waals surface area (Å²) >= 11 is 2.62. The maximum atomic E-state index is 12.3. The van der Waals surface area contributed by atoms with Gasteiger partial charge < -0.3 is 15.8 Å². The van der Waals surface area contributed by atoms with Gasteiger partial charge in [-0.05, 0) is 31.2 Å². The summed E-state index contributed by atoms with van der Waals surface area (Å²) in [7, 11) is 1.36. The number of aryl methyl sites for hydroxylation is 1. The fourth-order valence-electron chi connectivity index (χ4n) is 2.80. The molecule has 3 rings (SSSR count). The molecule has 0 saturated carbocycles. The molecule has 8 nitrogen and oxygen atoms in total. The lowest BCUT2D eigenvalue weighted by atomic mass is 10.1. The second-order valence-corrected chi connectivity index (χ2v) is 7.77. The molecule has 2 heterocycles. The monoisotopic (exact) mass is 393 g/mol. The Hall–Kier alpha value is -2.20. The molecule has 1 aliphatic carbocycles. The van der Waals surface area contributed by atoms with E-state index in [0.29, 0.717) is 15.7 Å². The number of aromatic nitrogens is 3. The van der Waals surface area contributed by atoms with Crippen molar-refractivity contribution in [3.8, 4) is 0 Å². The van der Waals surface area contributed by atoms with Crippen molar-refractivity contribution in [3.63, 3.8) is 0 Å². The van der Waals surface area contributed by atoms with Crippen LogP contribution in [0.15, 0.2) is 11.5 Å². The molecule has 0 aliphatic heterocycles. The van der Waals surface area contributed by atoms with Crippen LogP contribution in [0.2, 0.25) is 0 Å². The van der Waals surface area contributed by atoms with Crippen LogP contribution >= 0.6 is 23.1 Å². The highest BCUT2D eigenvalue weighted by atomic mass is 32.2. The first-order valence-electron chi connectivity index (χ1n) is 8.18. The Bertz CT molecular complexity index is 824. The minimum atomic E-state index is -0.405. The minimum absolute atomic E-state index is 0.104. The van der Waals surface area contributed by atoms with Crippen LogP contribution in [0.1, 0.15) is 40.1 Å². The van der Waals surface area contributed by atoms with E-state index in [1.807, 2.05) is 0 Å². The fraction of sp³-hybridized carbons (Fsp3) is 0.438. The number of nitrogens with two attached hydrogens (primary N) is 1. The molecule has 26 heavy (non-hydrogen) atoms. The van der Waals surface area contributed by atoms with E-state index in [1.54, 1.807) is 0 Å². The predicted octanol–water partition coefficient (Wildman–Crippen LogP) is 2.30. The number of nitrogens with zero attached hydrogens (tertiary/aromatic N) is 3. The third-order valence-electron chi connectivity index (χ3n) is 3.96. The number of thioether (sulfide) groups is 1. The lowest BCUT2D eigenvalue weighted by Gasteiger charge is -2.07. The largest absolute Gasteiger partial charge is 0.465 e. The first-order chi connectivity index (χ1) is 12.6. The molecule has 0 atom stereocenters. The molecule has 1 aliphatic rings. The van der Waals surface area contributed by atoms with Gasteiger partial charge in [-0.25, -0.2) is 14.8 Å². The number of carbonyl (C=O) groups is 2. The molecule has 0 aromatic carbocycles. The minimum Gasteiger partial charge on any atom is -0.465 e. The molecule has 10 heteroatoms. The Morgan fingerprint density at radius 3 is 2.88 bits per heavy atom. The maximum absolute atomic E-state index is 12.3. The number of carbonyl (C=O) groups excluding carboxylic acids is 2. The van der Waals surface area contributed by atoms with Crippen molar-refractivity contribution >= 4 is 45.9 Å². The molecular weight excluding hydrogens is 374 g/mol. The van der Waals surface area contributed by atoms with Crippen LogP contribution in [0.4, 0.5) is 10.9 Å². The van der Waals surface area contributed by atoms with E-state index in [-0.39, 0.29) is 17.6 Å². The Labute approximate surface area is 159 Å². The summed E-state index contributed by atoms with van der Waals surface area (Å²) in [4.78, 5) is 37.4. The average Bonchev–Trinajstić information content (AvgIpc) is 2.80. The molecule has 0 unspecified atom stereocenters. The summed E-state index contributed by atoms with van der Waals surface area (Å²) in [6.45, 7) is 0. The van der Waals surface area contributed by atoms with Gasteiger partial charge in [0.2, 0.25) is 11.9 Å². The average molecular weight is 393 g/mol. The van der Waals surface area contributed by atoms with Crippen LogP contribution in [-0.2, 0) is 22.4 Å². The number of rotatable bonds is 5. The summed E-state index contributed by atoms with van der Waals surface area (Å²) in [6.07, 6.45) is 6.35. The van der Waals surface area contributed by atoms with Gasteiger partial charge in [-0.3, -0.25) is 4.79 Å². The summed E-state index contributed by atoms with van der Waals surface area (Å²) < 4.78 is 4.94. The van der Waals surface area contributed by atoms with Crippen LogP contribution in [0.3, 0.4) is 0 Å². The lowest BCUT2D eigenvalue weighted by molar-refractivity contribution is -0.113. The molecule has 138 valence electrons. The van der Waals surface area contributed by atoms with Gasteiger partial charge in [0, 0.05) is 4.88 Å². The quantitative estimate of drug-likeness (QED) is 0.451. The van der Waals surface area contributed by atoms with Crippen LogP contribution in [0.25, 0.3) is 0 Å². The summed E-state index contributed by atoms with van der Waals surface area (Å²) in [5, 5.41) is 3.78. The van der Waals surface area contributed by atoms with Crippen molar-refractivity contribution in [2.45, 2.75) is 37.3 Å². The number of nitrogen functional groups attached to an aromatic ring is 1. The first-order valence-corrected chi connectivity index (χ1v) is 9.98. The third-order valence-corrected chi connectivity index (χ3v) is 6.03. The second-order valence-electron chi connectivity index (χ2n) is 5.72. The van der Waals surface area contributed by atoms with Gasteiger partial charge in [-0.2, -0.15) is 4.98 Å². The van der Waals surface area contributed by atoms with Crippen LogP contribution in [-0.4, -0.2) is 39.7 Å². The predicted molar refractivity (Wildman–Crippen MR) is 101 cm³/mol. The van der Waals surface area contributed by atoms with Crippen molar-refractivity contribution < 1.29 is 14.3 Å². The number of thiophene rings is 1. The number of anilines is 2. The molecule has 2 aromatic heterocycles. The summed E-state index contributed by atoms with van der Waals surface area (Å²) in [5.74, 6) is -0.432. The highest BCUT2D eigenvalue weighted by Gasteiger charge is 2.26. The van der Waals surface area contributed by atoms with Gasteiger partial charge in [0.15, 0.2) is 5.16 Å². The lowest BCUT2D eigenvalue weighted by Crippen LogP contribution is -2.16. The van der Waals surface area contributed by atoms with Gasteiger partial charge >= 0.3 is 5.97 Å². The van der Waals surface area contributed by atoms with Crippen LogP contribution < -0.4 is 11.1 Å². The summed E-state index contributed by atoms with van der Waals surface area (Å²) in [6, 6.07) is 0. The molecular formula is C16H19N5O3S2. The van der Waals surface area contributed by atoms with Crippen LogP contribution in [0, 0.1) is 0 Å². The molecule has 0 bridgehead atoms. The number of nitrogens with one attached hydrogen (secondary N) is 1. The highest BCUT2D eigenvalue weighted by molar-refractivity contribution is 7.99. The Morgan fingerprint density at radius 1 is 1.31 bits per heavy atom. The fourth-order valence-corrected chi connectivity index (χ4v) is 4.71. The Morgan fingerprint density at radius 2 is 2.12 bits per heavy atom. The SMILES string of the molecule is COC(=O)c1c(NC(=O)CSc2ncnc(N)n2)sc2c1CCCCC2. The van der Waals surface area contributed by atoms with Crippen molar-refractivity contribution in [3.05, 3.63) is 22.3 Å². The maximum Gasteiger partial charge on any atom is 0.341 e. The van der Waals surface area contributed by atoms with E-state index in [1.165, 1.54) is 24.8 Å². The number of hydrogen-bond donors (Lipinski definition) is 2.